The molecule has 0 saturated heterocycles. The lowest BCUT2D eigenvalue weighted by atomic mass is 9.94. The number of halogens is 3. The number of nitrogens with zero attached hydrogens (tertiary/aromatic N) is 1. The normalized spacial score (nSPS) is 16.0. The van der Waals surface area contributed by atoms with Crippen molar-refractivity contribution in [3.8, 4) is 5.88 Å². The van der Waals surface area contributed by atoms with Gasteiger partial charge in [-0.15, -0.1) is 0 Å². The van der Waals surface area contributed by atoms with Crippen LogP contribution in [0, 0.1) is 0 Å². The minimum absolute atomic E-state index is 0.0315. The highest BCUT2D eigenvalue weighted by molar-refractivity contribution is 6.12. The van der Waals surface area contributed by atoms with Crippen molar-refractivity contribution in [1.29, 1.82) is 0 Å². The zero-order chi connectivity index (χ0) is 18.0. The van der Waals surface area contributed by atoms with Gasteiger partial charge in [0.2, 0.25) is 5.88 Å². The number of nitrogens with one attached hydrogen (secondary N) is 1. The second-order valence-corrected chi connectivity index (χ2v) is 6.19. The lowest BCUT2D eigenvalue weighted by Crippen LogP contribution is -2.28. The van der Waals surface area contributed by atoms with Crippen LogP contribution >= 0.6 is 0 Å². The van der Waals surface area contributed by atoms with E-state index in [4.69, 9.17) is 4.74 Å². The molecular formula is C18H19F3N2O2. The zero-order valence-electron chi connectivity index (χ0n) is 13.8. The van der Waals surface area contributed by atoms with Crippen molar-refractivity contribution >= 4 is 22.4 Å². The van der Waals surface area contributed by atoms with Gasteiger partial charge in [-0.1, -0.05) is 37.5 Å². The summed E-state index contributed by atoms with van der Waals surface area (Å²) in [5.41, 5.74) is 0.104. The second-order valence-electron chi connectivity index (χ2n) is 6.19. The molecule has 1 heterocycles. The van der Waals surface area contributed by atoms with Gasteiger partial charge < -0.3 is 10.1 Å². The molecule has 2 aromatic rings. The predicted molar refractivity (Wildman–Crippen MR) is 89.2 cm³/mol. The first-order chi connectivity index (χ1) is 11.9. The van der Waals surface area contributed by atoms with Crippen LogP contribution in [0.2, 0.25) is 0 Å². The zero-order valence-corrected chi connectivity index (χ0v) is 13.8. The first-order valence-corrected chi connectivity index (χ1v) is 8.26. The maximum Gasteiger partial charge on any atom is 0.455 e. The topological polar surface area (TPSA) is 51.2 Å². The van der Waals surface area contributed by atoms with Crippen LogP contribution in [0.3, 0.4) is 0 Å². The van der Waals surface area contributed by atoms with Gasteiger partial charge in [0, 0.05) is 11.4 Å². The van der Waals surface area contributed by atoms with Crippen LogP contribution in [0.4, 0.5) is 18.9 Å². The molecule has 3 rings (SSSR count). The predicted octanol–water partition coefficient (Wildman–Crippen LogP) is 4.73. The van der Waals surface area contributed by atoms with Crippen LogP contribution in [0.15, 0.2) is 24.3 Å². The first-order valence-electron chi connectivity index (χ1n) is 8.26. The fourth-order valence-corrected chi connectivity index (χ4v) is 3.29. The Balaban J connectivity index is 2.19. The average Bonchev–Trinajstić information content (AvgIpc) is 2.61. The van der Waals surface area contributed by atoms with E-state index in [1.807, 2.05) is 0 Å². The molecule has 1 aliphatic rings. The summed E-state index contributed by atoms with van der Waals surface area (Å²) in [4.78, 5) is 16.2. The van der Waals surface area contributed by atoms with Gasteiger partial charge in [0.05, 0.1) is 18.3 Å². The molecule has 134 valence electrons. The number of para-hydroxylation sites is 1. The van der Waals surface area contributed by atoms with E-state index in [2.05, 4.69) is 10.3 Å². The Bertz CT molecular complexity index is 784. The molecule has 0 unspecified atom stereocenters. The maximum atomic E-state index is 13.1. The Morgan fingerprint density at radius 3 is 2.52 bits per heavy atom. The van der Waals surface area contributed by atoms with E-state index in [-0.39, 0.29) is 17.6 Å². The number of carbonyl (C=O) groups excluding carboxylic acids is 1. The van der Waals surface area contributed by atoms with Gasteiger partial charge in [-0.3, -0.25) is 4.79 Å². The highest BCUT2D eigenvalue weighted by Crippen LogP contribution is 2.38. The van der Waals surface area contributed by atoms with Crippen LogP contribution in [-0.4, -0.2) is 30.1 Å². The number of Topliss-reactive ketones (excluding diaryl/α,β-unsaturated/α-hetero) is 1. The summed E-state index contributed by atoms with van der Waals surface area (Å²) >= 11 is 0. The molecule has 25 heavy (non-hydrogen) atoms. The molecule has 0 atom stereocenters. The maximum absolute atomic E-state index is 13.1. The number of aromatic nitrogens is 1. The largest absolute Gasteiger partial charge is 0.480 e. The van der Waals surface area contributed by atoms with Gasteiger partial charge in [0.15, 0.2) is 0 Å². The Hall–Kier alpha value is -2.31. The number of methoxy groups -OCH3 is 1. The Labute approximate surface area is 143 Å². The van der Waals surface area contributed by atoms with E-state index in [0.717, 1.165) is 32.1 Å². The third kappa shape index (κ3) is 3.55. The minimum Gasteiger partial charge on any atom is -0.480 e. The smallest absolute Gasteiger partial charge is 0.455 e. The summed E-state index contributed by atoms with van der Waals surface area (Å²) in [6, 6.07) is 6.84. The summed E-state index contributed by atoms with van der Waals surface area (Å²) in [6.45, 7) is 0. The van der Waals surface area contributed by atoms with Crippen LogP contribution in [0.25, 0.3) is 10.9 Å². The molecule has 1 aromatic heterocycles. The lowest BCUT2D eigenvalue weighted by molar-refractivity contribution is -0.0886. The molecule has 1 fully saturated rings. The van der Waals surface area contributed by atoms with Crippen molar-refractivity contribution in [2.24, 2.45) is 0 Å². The Morgan fingerprint density at radius 2 is 1.88 bits per heavy atom. The lowest BCUT2D eigenvalue weighted by Gasteiger charge is -2.26. The monoisotopic (exact) mass is 352 g/mol. The molecule has 0 spiro atoms. The summed E-state index contributed by atoms with van der Waals surface area (Å²) in [5, 5.41) is 3.67. The Kier molecular flexibility index (Phi) is 4.83. The number of ketones is 1. The average molecular weight is 352 g/mol. The number of rotatable bonds is 4. The van der Waals surface area contributed by atoms with Gasteiger partial charge in [0.25, 0.3) is 5.78 Å². The van der Waals surface area contributed by atoms with Crippen molar-refractivity contribution in [3.05, 3.63) is 29.8 Å². The number of hydrogen-bond acceptors (Lipinski definition) is 4. The molecule has 4 nitrogen and oxygen atoms in total. The van der Waals surface area contributed by atoms with E-state index in [0.29, 0.717) is 10.9 Å². The number of alkyl halides is 3. The van der Waals surface area contributed by atoms with Gasteiger partial charge in [-0.05, 0) is 18.9 Å². The molecule has 1 aliphatic carbocycles. The molecule has 0 bridgehead atoms. The van der Waals surface area contributed by atoms with Crippen LogP contribution in [-0.2, 0) is 0 Å². The number of ether oxygens (including phenoxy) is 1. The molecule has 0 radical (unpaired) electrons. The van der Waals surface area contributed by atoms with E-state index >= 15 is 0 Å². The standard InChI is InChI=1S/C18H19F3N2O2/c1-25-17-14(16(24)18(19,20)21)15(22-11-7-3-2-4-8-11)12-9-5-6-10-13(12)23-17/h5-6,9-11H,2-4,7-8H2,1H3,(H,22,23). The number of hydrogen-bond donors (Lipinski definition) is 1. The number of carbonyl (C=O) groups is 1. The number of fused-ring (bicyclic) bond motifs is 1. The van der Waals surface area contributed by atoms with Crippen LogP contribution < -0.4 is 10.1 Å². The summed E-state index contributed by atoms with van der Waals surface area (Å²) < 4.78 is 44.5. The summed E-state index contributed by atoms with van der Waals surface area (Å²) in [7, 11) is 1.22. The van der Waals surface area contributed by atoms with Crippen LogP contribution in [0.5, 0.6) is 5.88 Å². The molecule has 7 heteroatoms. The number of pyridine rings is 1. The number of benzene rings is 1. The molecule has 1 aromatic carbocycles. The Morgan fingerprint density at radius 1 is 1.20 bits per heavy atom. The highest BCUT2D eigenvalue weighted by atomic mass is 19.4. The quantitative estimate of drug-likeness (QED) is 0.808. The number of anilines is 1. The van der Waals surface area contributed by atoms with Crippen molar-refractivity contribution in [3.63, 3.8) is 0 Å². The third-order valence-corrected chi connectivity index (χ3v) is 4.49. The van der Waals surface area contributed by atoms with Gasteiger partial charge in [-0.25, -0.2) is 4.98 Å². The van der Waals surface area contributed by atoms with Crippen molar-refractivity contribution in [2.75, 3.05) is 12.4 Å². The first kappa shape index (κ1) is 17.5. The molecule has 1 N–H and O–H groups in total. The highest BCUT2D eigenvalue weighted by Gasteiger charge is 2.43. The van der Waals surface area contributed by atoms with E-state index in [9.17, 15) is 18.0 Å². The van der Waals surface area contributed by atoms with E-state index < -0.39 is 17.5 Å². The van der Waals surface area contributed by atoms with Crippen molar-refractivity contribution in [2.45, 2.75) is 44.3 Å². The van der Waals surface area contributed by atoms with Crippen LogP contribution in [0.1, 0.15) is 42.5 Å². The van der Waals surface area contributed by atoms with E-state index in [1.165, 1.54) is 7.11 Å². The fraction of sp³-hybridized carbons (Fsp3) is 0.444. The van der Waals surface area contributed by atoms with Gasteiger partial charge >= 0.3 is 6.18 Å². The SMILES string of the molecule is COc1nc2ccccc2c(NC2CCCCC2)c1C(=O)C(F)(F)F. The molecular weight excluding hydrogens is 333 g/mol. The molecule has 0 aliphatic heterocycles. The van der Waals surface area contributed by atoms with Gasteiger partial charge in [-0.2, -0.15) is 13.2 Å². The van der Waals surface area contributed by atoms with Crippen molar-refractivity contribution < 1.29 is 22.7 Å². The molecule has 1 saturated carbocycles. The minimum atomic E-state index is -5.00. The van der Waals surface area contributed by atoms with Crippen molar-refractivity contribution in [1.82, 2.24) is 4.98 Å². The third-order valence-electron chi connectivity index (χ3n) is 4.49. The second kappa shape index (κ2) is 6.90. The summed E-state index contributed by atoms with van der Waals surface area (Å²) in [6.07, 6.45) is -0.134. The summed E-state index contributed by atoms with van der Waals surface area (Å²) in [5.74, 6) is -2.25. The van der Waals surface area contributed by atoms with E-state index in [1.54, 1.807) is 24.3 Å². The van der Waals surface area contributed by atoms with Gasteiger partial charge in [0.1, 0.15) is 5.56 Å². The fourth-order valence-electron chi connectivity index (χ4n) is 3.29. The molecule has 0 amide bonds.